The molecule has 0 aliphatic carbocycles. The van der Waals surface area contributed by atoms with E-state index in [2.05, 4.69) is 15.4 Å². The van der Waals surface area contributed by atoms with Gasteiger partial charge < -0.3 is 9.84 Å². The van der Waals surface area contributed by atoms with Crippen molar-refractivity contribution in [1.82, 2.24) is 20.2 Å². The predicted octanol–water partition coefficient (Wildman–Crippen LogP) is 0.495. The van der Waals surface area contributed by atoms with Gasteiger partial charge in [0.25, 0.3) is 0 Å². The van der Waals surface area contributed by atoms with Crippen LogP contribution < -0.4 is 4.74 Å². The Labute approximate surface area is 98.8 Å². The minimum Gasteiger partial charge on any atom is -0.496 e. The van der Waals surface area contributed by atoms with E-state index in [0.717, 1.165) is 5.56 Å². The Kier molecular flexibility index (Phi) is 3.34. The second-order valence-corrected chi connectivity index (χ2v) is 3.66. The molecule has 1 aromatic heterocycles. The van der Waals surface area contributed by atoms with Gasteiger partial charge in [0.15, 0.2) is 5.82 Å². The fourth-order valence-corrected chi connectivity index (χ4v) is 1.63. The Hall–Kier alpha value is -1.95. The van der Waals surface area contributed by atoms with Crippen LogP contribution in [0.5, 0.6) is 5.75 Å². The van der Waals surface area contributed by atoms with Crippen LogP contribution in [0, 0.1) is 0 Å². The average Bonchev–Trinajstić information content (AvgIpc) is 2.74. The van der Waals surface area contributed by atoms with E-state index in [4.69, 9.17) is 4.74 Å². The maximum atomic E-state index is 10.1. The summed E-state index contributed by atoms with van der Waals surface area (Å²) in [6.07, 6.45) is -0.385. The zero-order valence-corrected chi connectivity index (χ0v) is 9.74. The van der Waals surface area contributed by atoms with Crippen LogP contribution in [0.2, 0.25) is 0 Å². The van der Waals surface area contributed by atoms with Crippen molar-refractivity contribution in [3.05, 3.63) is 35.7 Å². The highest BCUT2D eigenvalue weighted by Gasteiger charge is 2.15. The molecule has 0 fully saturated rings. The number of benzene rings is 1. The van der Waals surface area contributed by atoms with Gasteiger partial charge in [0.2, 0.25) is 0 Å². The molecule has 2 aromatic rings. The van der Waals surface area contributed by atoms with E-state index >= 15 is 0 Å². The van der Waals surface area contributed by atoms with Gasteiger partial charge in [0, 0.05) is 12.0 Å². The highest BCUT2D eigenvalue weighted by atomic mass is 16.5. The number of aromatic nitrogens is 4. The number of methoxy groups -OCH3 is 1. The van der Waals surface area contributed by atoms with Crippen molar-refractivity contribution < 1.29 is 9.84 Å². The van der Waals surface area contributed by atoms with Crippen LogP contribution in [0.3, 0.4) is 0 Å². The lowest BCUT2D eigenvalue weighted by atomic mass is 10.1. The van der Waals surface area contributed by atoms with E-state index in [9.17, 15) is 5.11 Å². The molecule has 6 nitrogen and oxygen atoms in total. The van der Waals surface area contributed by atoms with E-state index in [-0.39, 0.29) is 0 Å². The summed E-state index contributed by atoms with van der Waals surface area (Å²) >= 11 is 0. The molecule has 0 aliphatic heterocycles. The Morgan fingerprint density at radius 1 is 1.41 bits per heavy atom. The van der Waals surface area contributed by atoms with Gasteiger partial charge in [-0.1, -0.05) is 18.2 Å². The monoisotopic (exact) mass is 234 g/mol. The lowest BCUT2D eigenvalue weighted by Crippen LogP contribution is -2.05. The number of aliphatic hydroxyl groups excluding tert-OH is 1. The first-order chi connectivity index (χ1) is 8.20. The maximum absolute atomic E-state index is 10.1. The standard InChI is InChI=1S/C11H14N4O2/c1-15-13-11(12-14-15)7-9(16)8-5-3-4-6-10(8)17-2/h3-6,9,16H,7H2,1-2H3. The molecule has 90 valence electrons. The van der Waals surface area contributed by atoms with Gasteiger partial charge in [0.05, 0.1) is 20.3 Å². The van der Waals surface area contributed by atoms with Gasteiger partial charge in [0.1, 0.15) is 5.75 Å². The summed E-state index contributed by atoms with van der Waals surface area (Å²) in [5, 5.41) is 21.7. The Morgan fingerprint density at radius 2 is 2.18 bits per heavy atom. The van der Waals surface area contributed by atoms with Crippen LogP contribution in [0.15, 0.2) is 24.3 Å². The molecule has 6 heteroatoms. The van der Waals surface area contributed by atoms with Crippen LogP contribution in [-0.4, -0.2) is 32.4 Å². The summed E-state index contributed by atoms with van der Waals surface area (Å²) in [6, 6.07) is 7.34. The number of hydrogen-bond donors (Lipinski definition) is 1. The third-order valence-electron chi connectivity index (χ3n) is 2.42. The highest BCUT2D eigenvalue weighted by molar-refractivity contribution is 5.35. The van der Waals surface area contributed by atoms with Crippen molar-refractivity contribution in [2.24, 2.45) is 7.05 Å². The van der Waals surface area contributed by atoms with Gasteiger partial charge in [-0.05, 0) is 11.3 Å². The molecular weight excluding hydrogens is 220 g/mol. The molecule has 17 heavy (non-hydrogen) atoms. The lowest BCUT2D eigenvalue weighted by Gasteiger charge is -2.12. The molecule has 0 amide bonds. The third kappa shape index (κ3) is 2.59. The summed E-state index contributed by atoms with van der Waals surface area (Å²) in [7, 11) is 3.26. The smallest absolute Gasteiger partial charge is 0.177 e. The van der Waals surface area contributed by atoms with E-state index in [1.54, 1.807) is 14.2 Å². The molecule has 1 unspecified atom stereocenters. The Morgan fingerprint density at radius 3 is 2.82 bits per heavy atom. The predicted molar refractivity (Wildman–Crippen MR) is 60.5 cm³/mol. The van der Waals surface area contributed by atoms with Crippen LogP contribution in [0.4, 0.5) is 0 Å². The van der Waals surface area contributed by atoms with E-state index in [1.165, 1.54) is 4.80 Å². The maximum Gasteiger partial charge on any atom is 0.177 e. The second-order valence-electron chi connectivity index (χ2n) is 3.66. The molecule has 0 radical (unpaired) electrons. The molecular formula is C11H14N4O2. The Bertz CT molecular complexity index is 498. The Balaban J connectivity index is 2.16. The number of nitrogens with zero attached hydrogens (tertiary/aromatic N) is 4. The van der Waals surface area contributed by atoms with Crippen LogP contribution in [-0.2, 0) is 13.5 Å². The minimum absolute atomic E-state index is 0.314. The summed E-state index contributed by atoms with van der Waals surface area (Å²) < 4.78 is 5.19. The SMILES string of the molecule is COc1ccccc1C(O)Cc1nnn(C)n1. The first-order valence-electron chi connectivity index (χ1n) is 5.24. The van der Waals surface area contributed by atoms with Crippen molar-refractivity contribution in [2.45, 2.75) is 12.5 Å². The van der Waals surface area contributed by atoms with Gasteiger partial charge in [-0.15, -0.1) is 10.2 Å². The van der Waals surface area contributed by atoms with Gasteiger partial charge >= 0.3 is 0 Å². The summed E-state index contributed by atoms with van der Waals surface area (Å²) in [5.41, 5.74) is 0.724. The molecule has 1 heterocycles. The number of para-hydroxylation sites is 1. The molecule has 0 saturated heterocycles. The first kappa shape index (κ1) is 11.5. The van der Waals surface area contributed by atoms with Crippen molar-refractivity contribution in [3.63, 3.8) is 0 Å². The number of hydrogen-bond acceptors (Lipinski definition) is 5. The van der Waals surface area contributed by atoms with E-state index < -0.39 is 6.10 Å². The van der Waals surface area contributed by atoms with Crippen LogP contribution in [0.25, 0.3) is 0 Å². The van der Waals surface area contributed by atoms with Crippen LogP contribution in [0.1, 0.15) is 17.5 Å². The van der Waals surface area contributed by atoms with Gasteiger partial charge in [-0.3, -0.25) is 0 Å². The van der Waals surface area contributed by atoms with E-state index in [0.29, 0.717) is 18.0 Å². The minimum atomic E-state index is -0.699. The molecule has 1 aromatic carbocycles. The molecule has 0 aliphatic rings. The summed E-state index contributed by atoms with van der Waals surface area (Å²) in [4.78, 5) is 1.37. The molecule has 0 bridgehead atoms. The fraction of sp³-hybridized carbons (Fsp3) is 0.364. The molecule has 0 spiro atoms. The number of tetrazole rings is 1. The highest BCUT2D eigenvalue weighted by Crippen LogP contribution is 2.26. The molecule has 1 N–H and O–H groups in total. The van der Waals surface area contributed by atoms with Crippen molar-refractivity contribution in [2.75, 3.05) is 7.11 Å². The zero-order valence-electron chi connectivity index (χ0n) is 9.74. The largest absolute Gasteiger partial charge is 0.496 e. The summed E-state index contributed by atoms with van der Waals surface area (Å²) in [6.45, 7) is 0. The van der Waals surface area contributed by atoms with Gasteiger partial charge in [-0.2, -0.15) is 4.80 Å². The zero-order chi connectivity index (χ0) is 12.3. The van der Waals surface area contributed by atoms with Crippen molar-refractivity contribution in [1.29, 1.82) is 0 Å². The normalized spacial score (nSPS) is 12.4. The number of aliphatic hydroxyl groups is 1. The summed E-state index contributed by atoms with van der Waals surface area (Å²) in [5.74, 6) is 1.16. The molecule has 2 rings (SSSR count). The number of ether oxygens (including phenoxy) is 1. The van der Waals surface area contributed by atoms with Crippen molar-refractivity contribution in [3.8, 4) is 5.75 Å². The first-order valence-corrected chi connectivity index (χ1v) is 5.24. The molecule has 0 saturated carbocycles. The number of rotatable bonds is 4. The van der Waals surface area contributed by atoms with Crippen LogP contribution >= 0.6 is 0 Å². The lowest BCUT2D eigenvalue weighted by molar-refractivity contribution is 0.171. The number of aryl methyl sites for hydroxylation is 1. The quantitative estimate of drug-likeness (QED) is 0.833. The average molecular weight is 234 g/mol. The van der Waals surface area contributed by atoms with Gasteiger partial charge in [-0.25, -0.2) is 0 Å². The van der Waals surface area contributed by atoms with E-state index in [1.807, 2.05) is 24.3 Å². The second kappa shape index (κ2) is 4.92. The van der Waals surface area contributed by atoms with Crippen molar-refractivity contribution >= 4 is 0 Å². The third-order valence-corrected chi connectivity index (χ3v) is 2.42. The topological polar surface area (TPSA) is 73.1 Å². The fourth-order valence-electron chi connectivity index (χ4n) is 1.63. The molecule has 1 atom stereocenters.